The highest BCUT2D eigenvalue weighted by molar-refractivity contribution is 7.92. The molecule has 0 aromatic heterocycles. The number of carbonyl (C=O) groups is 2. The number of nitrogens with zero attached hydrogens (tertiary/aromatic N) is 2. The average Bonchev–Trinajstić information content (AvgIpc) is 2.91. The van der Waals surface area contributed by atoms with Crippen LogP contribution in [0, 0.1) is 13.8 Å². The van der Waals surface area contributed by atoms with Crippen LogP contribution in [0.1, 0.15) is 37.0 Å². The summed E-state index contributed by atoms with van der Waals surface area (Å²) in [6.45, 7) is 6.99. The van der Waals surface area contributed by atoms with Crippen molar-refractivity contribution in [2.24, 2.45) is 0 Å². The number of sulfonamides is 1. The van der Waals surface area contributed by atoms with Gasteiger partial charge in [0, 0.05) is 18.1 Å². The Hall–Kier alpha value is -2.78. The van der Waals surface area contributed by atoms with Crippen molar-refractivity contribution in [1.29, 1.82) is 0 Å². The SMILES string of the molecule is CCNC(=O)[C@@H](CC)N(Cc1ccc(Cl)c(Cl)c1)C(=O)CN(c1cc(Cl)ccc1C)S(=O)(=O)c1ccc(C)cc1. The van der Waals surface area contributed by atoms with Crippen molar-refractivity contribution in [2.45, 2.75) is 51.6 Å². The molecule has 3 aromatic carbocycles. The molecule has 40 heavy (non-hydrogen) atoms. The van der Waals surface area contributed by atoms with Gasteiger partial charge in [0.2, 0.25) is 11.8 Å². The Morgan fingerprint density at radius 2 is 1.57 bits per heavy atom. The van der Waals surface area contributed by atoms with Crippen LogP contribution in [0.3, 0.4) is 0 Å². The summed E-state index contributed by atoms with van der Waals surface area (Å²) in [4.78, 5) is 28.5. The van der Waals surface area contributed by atoms with Gasteiger partial charge in [0.1, 0.15) is 12.6 Å². The van der Waals surface area contributed by atoms with Crippen molar-refractivity contribution in [3.8, 4) is 0 Å². The molecule has 0 saturated heterocycles. The Kier molecular flexibility index (Phi) is 10.9. The molecule has 2 amide bonds. The molecule has 0 radical (unpaired) electrons. The van der Waals surface area contributed by atoms with Gasteiger partial charge in [-0.15, -0.1) is 0 Å². The van der Waals surface area contributed by atoms with Crippen molar-refractivity contribution in [3.05, 3.63) is 92.4 Å². The quantitative estimate of drug-likeness (QED) is 0.267. The minimum absolute atomic E-state index is 0.0122. The Bertz CT molecular complexity index is 1480. The summed E-state index contributed by atoms with van der Waals surface area (Å²) in [6.07, 6.45) is 0.305. The zero-order chi connectivity index (χ0) is 29.6. The summed E-state index contributed by atoms with van der Waals surface area (Å²) < 4.78 is 29.0. The van der Waals surface area contributed by atoms with E-state index in [9.17, 15) is 18.0 Å². The number of aryl methyl sites for hydroxylation is 2. The van der Waals surface area contributed by atoms with E-state index >= 15 is 0 Å². The Morgan fingerprint density at radius 3 is 2.17 bits per heavy atom. The first-order valence-electron chi connectivity index (χ1n) is 12.8. The maximum Gasteiger partial charge on any atom is 0.264 e. The van der Waals surface area contributed by atoms with Crippen molar-refractivity contribution >= 4 is 62.3 Å². The van der Waals surface area contributed by atoms with E-state index in [-0.39, 0.29) is 23.0 Å². The highest BCUT2D eigenvalue weighted by atomic mass is 35.5. The number of nitrogens with one attached hydrogen (secondary N) is 1. The second-order valence-electron chi connectivity index (χ2n) is 9.34. The van der Waals surface area contributed by atoms with Crippen LogP contribution in [-0.4, -0.2) is 44.3 Å². The van der Waals surface area contributed by atoms with Gasteiger partial charge < -0.3 is 10.2 Å². The van der Waals surface area contributed by atoms with Gasteiger partial charge in [0.05, 0.1) is 20.6 Å². The van der Waals surface area contributed by atoms with Gasteiger partial charge in [-0.1, -0.05) is 71.6 Å². The first-order chi connectivity index (χ1) is 18.9. The normalized spacial score (nSPS) is 12.1. The smallest absolute Gasteiger partial charge is 0.264 e. The summed E-state index contributed by atoms with van der Waals surface area (Å²) in [6, 6.07) is 15.3. The summed E-state index contributed by atoms with van der Waals surface area (Å²) in [5.74, 6) is -0.912. The van der Waals surface area contributed by atoms with Gasteiger partial charge in [-0.2, -0.15) is 0 Å². The molecule has 7 nitrogen and oxygen atoms in total. The summed E-state index contributed by atoms with van der Waals surface area (Å²) >= 11 is 18.6. The number of hydrogen-bond donors (Lipinski definition) is 1. The van der Waals surface area contributed by atoms with Crippen molar-refractivity contribution in [3.63, 3.8) is 0 Å². The number of likely N-dealkylation sites (N-methyl/N-ethyl adjacent to an activating group) is 1. The fraction of sp³-hybridized carbons (Fsp3) is 0.310. The molecular formula is C29H32Cl3N3O4S. The fourth-order valence-electron chi connectivity index (χ4n) is 4.25. The number of amides is 2. The molecule has 0 bridgehead atoms. The van der Waals surface area contributed by atoms with Crippen LogP contribution < -0.4 is 9.62 Å². The maximum absolute atomic E-state index is 14.1. The molecule has 0 spiro atoms. The molecule has 214 valence electrons. The minimum Gasteiger partial charge on any atom is -0.355 e. The third-order valence-electron chi connectivity index (χ3n) is 6.40. The number of rotatable bonds is 11. The molecule has 0 aliphatic heterocycles. The predicted octanol–water partition coefficient (Wildman–Crippen LogP) is 6.40. The molecular weight excluding hydrogens is 593 g/mol. The molecule has 0 unspecified atom stereocenters. The Morgan fingerprint density at radius 1 is 0.900 bits per heavy atom. The van der Waals surface area contributed by atoms with Crippen LogP contribution >= 0.6 is 34.8 Å². The molecule has 11 heteroatoms. The lowest BCUT2D eigenvalue weighted by Gasteiger charge is -2.33. The largest absolute Gasteiger partial charge is 0.355 e. The van der Waals surface area contributed by atoms with Crippen LogP contribution in [-0.2, 0) is 26.2 Å². The van der Waals surface area contributed by atoms with Crippen LogP contribution in [0.25, 0.3) is 0 Å². The molecule has 3 rings (SSSR count). The molecule has 0 saturated carbocycles. The van der Waals surface area contributed by atoms with E-state index in [4.69, 9.17) is 34.8 Å². The Balaban J connectivity index is 2.11. The molecule has 0 aliphatic carbocycles. The Labute approximate surface area is 251 Å². The van der Waals surface area contributed by atoms with Crippen molar-refractivity contribution < 1.29 is 18.0 Å². The molecule has 1 N–H and O–H groups in total. The summed E-state index contributed by atoms with van der Waals surface area (Å²) in [5.41, 5.74) is 2.40. The van der Waals surface area contributed by atoms with Crippen molar-refractivity contribution in [2.75, 3.05) is 17.4 Å². The van der Waals surface area contributed by atoms with Gasteiger partial charge in [0.15, 0.2) is 0 Å². The second kappa shape index (κ2) is 13.7. The molecule has 3 aromatic rings. The topological polar surface area (TPSA) is 86.8 Å². The van der Waals surface area contributed by atoms with E-state index in [1.165, 1.54) is 23.1 Å². The van der Waals surface area contributed by atoms with Crippen LogP contribution in [0.2, 0.25) is 15.1 Å². The number of hydrogen-bond acceptors (Lipinski definition) is 4. The summed E-state index contributed by atoms with van der Waals surface area (Å²) in [7, 11) is -4.20. The molecule has 0 heterocycles. The summed E-state index contributed by atoms with van der Waals surface area (Å²) in [5, 5.41) is 3.74. The van der Waals surface area contributed by atoms with Gasteiger partial charge in [-0.3, -0.25) is 13.9 Å². The standard InChI is InChI=1S/C29H32Cl3N3O4S/c1-5-26(29(37)33-6-2)34(17-21-10-14-24(31)25(32)15-21)28(36)18-35(27-16-22(30)11-9-20(27)4)40(38,39)23-12-7-19(3)8-13-23/h7-16,26H,5-6,17-18H2,1-4H3,(H,33,37)/t26-/m1/s1. The van der Waals surface area contributed by atoms with E-state index < -0.39 is 28.5 Å². The van der Waals surface area contributed by atoms with Gasteiger partial charge in [0.25, 0.3) is 10.0 Å². The van der Waals surface area contributed by atoms with E-state index in [2.05, 4.69) is 5.32 Å². The first kappa shape index (κ1) is 31.7. The lowest BCUT2D eigenvalue weighted by atomic mass is 10.1. The predicted molar refractivity (Wildman–Crippen MR) is 162 cm³/mol. The van der Waals surface area contributed by atoms with Crippen LogP contribution in [0.5, 0.6) is 0 Å². The van der Waals surface area contributed by atoms with Gasteiger partial charge in [-0.05, 0) is 74.7 Å². The average molecular weight is 625 g/mol. The maximum atomic E-state index is 14.1. The number of halogens is 3. The lowest BCUT2D eigenvalue weighted by molar-refractivity contribution is -0.140. The number of anilines is 1. The van der Waals surface area contributed by atoms with E-state index in [1.807, 2.05) is 6.92 Å². The molecule has 0 fully saturated rings. The van der Waals surface area contributed by atoms with Gasteiger partial charge >= 0.3 is 0 Å². The highest BCUT2D eigenvalue weighted by Gasteiger charge is 2.34. The second-order valence-corrected chi connectivity index (χ2v) is 12.5. The van der Waals surface area contributed by atoms with E-state index in [0.717, 1.165) is 9.87 Å². The van der Waals surface area contributed by atoms with Crippen LogP contribution in [0.4, 0.5) is 5.69 Å². The lowest BCUT2D eigenvalue weighted by Crippen LogP contribution is -2.52. The zero-order valence-electron chi connectivity index (χ0n) is 22.7. The monoisotopic (exact) mass is 623 g/mol. The van der Waals surface area contributed by atoms with Crippen LogP contribution in [0.15, 0.2) is 65.6 Å². The van der Waals surface area contributed by atoms with E-state index in [1.54, 1.807) is 63.2 Å². The zero-order valence-corrected chi connectivity index (χ0v) is 25.8. The number of carbonyl (C=O) groups excluding carboxylic acids is 2. The van der Waals surface area contributed by atoms with Crippen molar-refractivity contribution in [1.82, 2.24) is 10.2 Å². The third-order valence-corrected chi connectivity index (χ3v) is 9.15. The van der Waals surface area contributed by atoms with E-state index in [0.29, 0.717) is 39.2 Å². The van der Waals surface area contributed by atoms with Gasteiger partial charge in [-0.25, -0.2) is 8.42 Å². The highest BCUT2D eigenvalue weighted by Crippen LogP contribution is 2.30. The number of benzene rings is 3. The minimum atomic E-state index is -4.20. The fourth-order valence-corrected chi connectivity index (χ4v) is 6.21. The first-order valence-corrected chi connectivity index (χ1v) is 15.3. The third kappa shape index (κ3) is 7.49. The molecule has 1 atom stereocenters. The molecule has 0 aliphatic rings.